The molecule has 0 aliphatic heterocycles. The van der Waals surface area contributed by atoms with Crippen LogP contribution in [0.3, 0.4) is 0 Å². The second-order valence-electron chi connectivity index (χ2n) is 4.64. The van der Waals surface area contributed by atoms with Crippen molar-refractivity contribution in [3.63, 3.8) is 0 Å². The molecule has 0 saturated carbocycles. The van der Waals surface area contributed by atoms with Crippen LogP contribution in [0.5, 0.6) is 0 Å². The van der Waals surface area contributed by atoms with E-state index >= 15 is 0 Å². The highest BCUT2D eigenvalue weighted by atomic mass is 19.1. The number of carbonyl (C=O) groups is 2. The molecule has 108 valence electrons. The second kappa shape index (κ2) is 6.17. The molecule has 0 heterocycles. The molecule has 0 aromatic heterocycles. The first kappa shape index (κ1) is 14.7. The first-order valence-corrected chi connectivity index (χ1v) is 6.33. The van der Waals surface area contributed by atoms with Crippen LogP contribution in [0.15, 0.2) is 42.5 Å². The zero-order valence-electron chi connectivity index (χ0n) is 11.4. The number of carboxylic acids is 1. The third-order valence-corrected chi connectivity index (χ3v) is 3.00. The van der Waals surface area contributed by atoms with E-state index < -0.39 is 11.8 Å². The molecular weight excluding hydrogens is 273 g/mol. The van der Waals surface area contributed by atoms with Crippen molar-refractivity contribution in [3.05, 3.63) is 65.0 Å². The molecule has 0 radical (unpaired) electrons. The van der Waals surface area contributed by atoms with Gasteiger partial charge in [-0.15, -0.1) is 0 Å². The first-order valence-electron chi connectivity index (χ1n) is 6.33. The quantitative estimate of drug-likeness (QED) is 0.828. The topological polar surface area (TPSA) is 66.4 Å². The highest BCUT2D eigenvalue weighted by Gasteiger charge is 2.05. The lowest BCUT2D eigenvalue weighted by Gasteiger charge is -2.08. The molecule has 5 heteroatoms. The Kier molecular flexibility index (Phi) is 4.33. The Morgan fingerprint density at radius 1 is 1.10 bits per heavy atom. The molecule has 2 aromatic rings. The summed E-state index contributed by atoms with van der Waals surface area (Å²) in [7, 11) is 0. The molecule has 0 fully saturated rings. The molecule has 21 heavy (non-hydrogen) atoms. The zero-order valence-corrected chi connectivity index (χ0v) is 11.4. The molecule has 2 rings (SSSR count). The van der Waals surface area contributed by atoms with Gasteiger partial charge in [0.1, 0.15) is 5.82 Å². The Morgan fingerprint density at radius 3 is 2.33 bits per heavy atom. The van der Waals surface area contributed by atoms with Gasteiger partial charge in [0.15, 0.2) is 5.78 Å². The number of hydrogen-bond acceptors (Lipinski definition) is 3. The van der Waals surface area contributed by atoms with Gasteiger partial charge in [-0.3, -0.25) is 4.79 Å². The molecule has 0 bridgehead atoms. The van der Waals surface area contributed by atoms with E-state index in [0.29, 0.717) is 17.8 Å². The number of benzene rings is 2. The SMILES string of the molecule is CC(=O)c1cc(F)cc(NCc2ccc(C(=O)O)cc2)c1. The van der Waals surface area contributed by atoms with Gasteiger partial charge in [0.05, 0.1) is 5.56 Å². The van der Waals surface area contributed by atoms with Gasteiger partial charge < -0.3 is 10.4 Å². The molecule has 2 N–H and O–H groups in total. The fourth-order valence-corrected chi connectivity index (χ4v) is 1.86. The number of anilines is 1. The van der Waals surface area contributed by atoms with Gasteiger partial charge in [-0.05, 0) is 42.8 Å². The Bertz CT molecular complexity index is 680. The van der Waals surface area contributed by atoms with E-state index in [2.05, 4.69) is 5.32 Å². The molecular formula is C16H14FNO3. The summed E-state index contributed by atoms with van der Waals surface area (Å²) in [5.41, 5.74) is 1.87. The lowest BCUT2D eigenvalue weighted by Crippen LogP contribution is -2.03. The van der Waals surface area contributed by atoms with E-state index in [9.17, 15) is 14.0 Å². The first-order chi connectivity index (χ1) is 9.95. The fourth-order valence-electron chi connectivity index (χ4n) is 1.86. The summed E-state index contributed by atoms with van der Waals surface area (Å²) in [6.07, 6.45) is 0. The van der Waals surface area contributed by atoms with Crippen molar-refractivity contribution in [2.75, 3.05) is 5.32 Å². The minimum absolute atomic E-state index is 0.205. The standard InChI is InChI=1S/C16H14FNO3/c1-10(19)13-6-14(17)8-15(7-13)18-9-11-2-4-12(5-3-11)16(20)21/h2-8,18H,9H2,1H3,(H,20,21). The Labute approximate surface area is 121 Å². The Balaban J connectivity index is 2.09. The molecule has 0 aliphatic carbocycles. The normalized spacial score (nSPS) is 10.2. The monoisotopic (exact) mass is 287 g/mol. The molecule has 0 amide bonds. The molecule has 0 atom stereocenters. The van der Waals surface area contributed by atoms with Crippen molar-refractivity contribution in [1.29, 1.82) is 0 Å². The second-order valence-corrected chi connectivity index (χ2v) is 4.64. The van der Waals surface area contributed by atoms with E-state index in [-0.39, 0.29) is 11.3 Å². The number of nitrogens with one attached hydrogen (secondary N) is 1. The van der Waals surface area contributed by atoms with Gasteiger partial charge in [0.2, 0.25) is 0 Å². The summed E-state index contributed by atoms with van der Waals surface area (Å²) < 4.78 is 13.4. The summed E-state index contributed by atoms with van der Waals surface area (Å²) in [6, 6.07) is 10.4. The predicted molar refractivity (Wildman–Crippen MR) is 77.1 cm³/mol. The number of hydrogen-bond donors (Lipinski definition) is 2. The highest BCUT2D eigenvalue weighted by molar-refractivity contribution is 5.95. The number of halogens is 1. The summed E-state index contributed by atoms with van der Waals surface area (Å²) in [5, 5.41) is 11.8. The van der Waals surface area contributed by atoms with Gasteiger partial charge in [-0.25, -0.2) is 9.18 Å². The van der Waals surface area contributed by atoms with Crippen LogP contribution in [0.1, 0.15) is 33.2 Å². The van der Waals surface area contributed by atoms with E-state index in [1.165, 1.54) is 31.2 Å². The average Bonchev–Trinajstić information content (AvgIpc) is 2.45. The van der Waals surface area contributed by atoms with E-state index in [0.717, 1.165) is 5.56 Å². The van der Waals surface area contributed by atoms with Crippen LogP contribution < -0.4 is 5.32 Å². The van der Waals surface area contributed by atoms with Crippen LogP contribution in [0.2, 0.25) is 0 Å². The van der Waals surface area contributed by atoms with Crippen molar-refractivity contribution in [2.45, 2.75) is 13.5 Å². The van der Waals surface area contributed by atoms with Crippen LogP contribution in [-0.2, 0) is 6.54 Å². The van der Waals surface area contributed by atoms with Gasteiger partial charge in [-0.1, -0.05) is 12.1 Å². The number of rotatable bonds is 5. The maximum Gasteiger partial charge on any atom is 0.335 e. The van der Waals surface area contributed by atoms with E-state index in [1.807, 2.05) is 0 Å². The zero-order chi connectivity index (χ0) is 15.4. The van der Waals surface area contributed by atoms with Crippen molar-refractivity contribution >= 4 is 17.4 Å². The molecule has 0 spiro atoms. The number of ketones is 1. The molecule has 2 aromatic carbocycles. The molecule has 4 nitrogen and oxygen atoms in total. The Hall–Kier alpha value is -2.69. The van der Waals surface area contributed by atoms with Gasteiger partial charge >= 0.3 is 5.97 Å². The average molecular weight is 287 g/mol. The number of carbonyl (C=O) groups excluding carboxylic acids is 1. The summed E-state index contributed by atoms with van der Waals surface area (Å²) >= 11 is 0. The van der Waals surface area contributed by atoms with Crippen molar-refractivity contribution < 1.29 is 19.1 Å². The Morgan fingerprint density at radius 2 is 1.76 bits per heavy atom. The largest absolute Gasteiger partial charge is 0.478 e. The predicted octanol–water partition coefficient (Wildman–Crippen LogP) is 3.34. The molecule has 0 unspecified atom stereocenters. The van der Waals surface area contributed by atoms with E-state index in [4.69, 9.17) is 5.11 Å². The smallest absolute Gasteiger partial charge is 0.335 e. The highest BCUT2D eigenvalue weighted by Crippen LogP contribution is 2.16. The molecule has 0 saturated heterocycles. The van der Waals surface area contributed by atoms with Gasteiger partial charge in [0, 0.05) is 17.8 Å². The van der Waals surface area contributed by atoms with Gasteiger partial charge in [-0.2, -0.15) is 0 Å². The lowest BCUT2D eigenvalue weighted by atomic mass is 10.1. The van der Waals surface area contributed by atoms with Crippen LogP contribution >= 0.6 is 0 Å². The van der Waals surface area contributed by atoms with Crippen LogP contribution in [0.4, 0.5) is 10.1 Å². The fraction of sp³-hybridized carbons (Fsp3) is 0.125. The van der Waals surface area contributed by atoms with Crippen molar-refractivity contribution in [1.82, 2.24) is 0 Å². The van der Waals surface area contributed by atoms with Crippen molar-refractivity contribution in [2.24, 2.45) is 0 Å². The third kappa shape index (κ3) is 3.89. The van der Waals surface area contributed by atoms with Crippen LogP contribution in [0, 0.1) is 5.82 Å². The maximum atomic E-state index is 13.4. The number of aromatic carboxylic acids is 1. The summed E-state index contributed by atoms with van der Waals surface area (Å²) in [5.74, 6) is -1.67. The van der Waals surface area contributed by atoms with Crippen molar-refractivity contribution in [3.8, 4) is 0 Å². The molecule has 0 aliphatic rings. The van der Waals surface area contributed by atoms with Crippen LogP contribution in [-0.4, -0.2) is 16.9 Å². The third-order valence-electron chi connectivity index (χ3n) is 3.00. The lowest BCUT2D eigenvalue weighted by molar-refractivity contribution is 0.0696. The van der Waals surface area contributed by atoms with Crippen LogP contribution in [0.25, 0.3) is 0 Å². The summed E-state index contributed by atoms with van der Waals surface area (Å²) in [6.45, 7) is 1.78. The number of carboxylic acid groups (broad SMARTS) is 1. The van der Waals surface area contributed by atoms with Gasteiger partial charge in [0.25, 0.3) is 0 Å². The minimum Gasteiger partial charge on any atom is -0.478 e. The summed E-state index contributed by atoms with van der Waals surface area (Å²) in [4.78, 5) is 22.0. The van der Waals surface area contributed by atoms with E-state index in [1.54, 1.807) is 18.2 Å². The number of Topliss-reactive ketones (excluding diaryl/α,β-unsaturated/α-hetero) is 1. The minimum atomic E-state index is -0.981. The maximum absolute atomic E-state index is 13.4.